The van der Waals surface area contributed by atoms with Crippen molar-refractivity contribution in [3.8, 4) is 0 Å². The minimum absolute atomic E-state index is 0.0779. The summed E-state index contributed by atoms with van der Waals surface area (Å²) in [7, 11) is 0. The fraction of sp³-hybridized carbons (Fsp3) is 0.909. The quantitative estimate of drug-likeness (QED) is 0.449. The van der Waals surface area contributed by atoms with Crippen molar-refractivity contribution >= 4 is 5.91 Å². The summed E-state index contributed by atoms with van der Waals surface area (Å²) in [5.74, 6) is -0.229. The first-order valence-corrected chi connectivity index (χ1v) is 5.89. The normalized spacial score (nSPS) is 33.4. The van der Waals surface area contributed by atoms with Gasteiger partial charge in [0.2, 0.25) is 5.91 Å². The van der Waals surface area contributed by atoms with Gasteiger partial charge in [-0.05, 0) is 12.8 Å². The lowest BCUT2D eigenvalue weighted by Crippen LogP contribution is -2.51. The monoisotopic (exact) mass is 247 g/mol. The van der Waals surface area contributed by atoms with Crippen molar-refractivity contribution in [2.24, 2.45) is 5.92 Å². The van der Waals surface area contributed by atoms with Crippen LogP contribution in [0.4, 0.5) is 0 Å². The van der Waals surface area contributed by atoms with E-state index in [1.54, 1.807) is 0 Å². The SMILES string of the molecule is CC(=O)NCCC[C@@H]1CO[C@H](CO)[C@H](O)[C@@H]1O. The van der Waals surface area contributed by atoms with Gasteiger partial charge in [0.1, 0.15) is 12.2 Å². The van der Waals surface area contributed by atoms with Crippen LogP contribution in [0.1, 0.15) is 19.8 Å². The summed E-state index contributed by atoms with van der Waals surface area (Å²) >= 11 is 0. The molecule has 4 atom stereocenters. The number of aliphatic hydroxyl groups is 3. The zero-order valence-corrected chi connectivity index (χ0v) is 10.0. The lowest BCUT2D eigenvalue weighted by atomic mass is 9.89. The van der Waals surface area contributed by atoms with Crippen molar-refractivity contribution in [2.75, 3.05) is 19.8 Å². The van der Waals surface area contributed by atoms with Crippen LogP contribution in [-0.4, -0.2) is 59.3 Å². The van der Waals surface area contributed by atoms with Crippen molar-refractivity contribution in [3.05, 3.63) is 0 Å². The molecule has 0 unspecified atom stereocenters. The molecular weight excluding hydrogens is 226 g/mol. The average molecular weight is 247 g/mol. The Morgan fingerprint density at radius 1 is 1.41 bits per heavy atom. The highest BCUT2D eigenvalue weighted by molar-refractivity contribution is 5.72. The van der Waals surface area contributed by atoms with Crippen molar-refractivity contribution in [3.63, 3.8) is 0 Å². The van der Waals surface area contributed by atoms with E-state index < -0.39 is 18.3 Å². The summed E-state index contributed by atoms with van der Waals surface area (Å²) in [6, 6.07) is 0. The molecule has 0 saturated carbocycles. The summed E-state index contributed by atoms with van der Waals surface area (Å²) in [6.07, 6.45) is -1.23. The smallest absolute Gasteiger partial charge is 0.216 e. The Kier molecular flexibility index (Phi) is 5.84. The standard InChI is InChI=1S/C11H21NO5/c1-7(14)12-4-2-3-8-6-17-9(5-13)11(16)10(8)15/h8-11,13,15-16H,2-6H2,1H3,(H,12,14)/t8-,9-,10-,11+/m1/s1. The molecule has 0 aliphatic carbocycles. The topological polar surface area (TPSA) is 99.0 Å². The molecule has 1 fully saturated rings. The minimum atomic E-state index is -1.04. The molecule has 1 amide bonds. The van der Waals surface area contributed by atoms with E-state index in [-0.39, 0.29) is 18.4 Å². The molecule has 17 heavy (non-hydrogen) atoms. The minimum Gasteiger partial charge on any atom is -0.394 e. The van der Waals surface area contributed by atoms with Gasteiger partial charge in [0.25, 0.3) is 0 Å². The maximum absolute atomic E-state index is 10.6. The fourth-order valence-electron chi connectivity index (χ4n) is 1.99. The molecule has 6 heteroatoms. The number of hydrogen-bond acceptors (Lipinski definition) is 5. The van der Waals surface area contributed by atoms with Crippen LogP contribution in [-0.2, 0) is 9.53 Å². The Hall–Kier alpha value is -0.690. The number of nitrogens with one attached hydrogen (secondary N) is 1. The molecule has 0 radical (unpaired) electrons. The van der Waals surface area contributed by atoms with Gasteiger partial charge in [0, 0.05) is 19.4 Å². The molecule has 1 saturated heterocycles. The van der Waals surface area contributed by atoms with Crippen molar-refractivity contribution < 1.29 is 24.9 Å². The maximum Gasteiger partial charge on any atom is 0.216 e. The van der Waals surface area contributed by atoms with Gasteiger partial charge in [0.05, 0.1) is 19.3 Å². The van der Waals surface area contributed by atoms with Crippen LogP contribution >= 0.6 is 0 Å². The Morgan fingerprint density at radius 2 is 2.12 bits per heavy atom. The molecule has 0 aromatic rings. The largest absolute Gasteiger partial charge is 0.394 e. The summed E-state index contributed by atoms with van der Waals surface area (Å²) in [5.41, 5.74) is 0. The van der Waals surface area contributed by atoms with Crippen LogP contribution < -0.4 is 5.32 Å². The number of rotatable bonds is 5. The highest BCUT2D eigenvalue weighted by Gasteiger charge is 2.37. The predicted molar refractivity (Wildman–Crippen MR) is 60.2 cm³/mol. The van der Waals surface area contributed by atoms with E-state index >= 15 is 0 Å². The predicted octanol–water partition coefficient (Wildman–Crippen LogP) is -1.37. The van der Waals surface area contributed by atoms with E-state index in [1.807, 2.05) is 0 Å². The van der Waals surface area contributed by atoms with Gasteiger partial charge in [-0.2, -0.15) is 0 Å². The van der Waals surface area contributed by atoms with Gasteiger partial charge in [-0.3, -0.25) is 4.79 Å². The molecule has 0 aromatic carbocycles. The zero-order valence-electron chi connectivity index (χ0n) is 10.0. The summed E-state index contributed by atoms with van der Waals surface area (Å²) in [4.78, 5) is 10.6. The van der Waals surface area contributed by atoms with Crippen LogP contribution in [0.15, 0.2) is 0 Å². The van der Waals surface area contributed by atoms with E-state index in [4.69, 9.17) is 9.84 Å². The fourth-order valence-corrected chi connectivity index (χ4v) is 1.99. The van der Waals surface area contributed by atoms with Gasteiger partial charge in [-0.15, -0.1) is 0 Å². The van der Waals surface area contributed by atoms with Crippen molar-refractivity contribution in [1.29, 1.82) is 0 Å². The van der Waals surface area contributed by atoms with Crippen LogP contribution in [0.5, 0.6) is 0 Å². The summed E-state index contributed by atoms with van der Waals surface area (Å²) in [6.45, 7) is 2.03. The second-order valence-electron chi connectivity index (χ2n) is 4.42. The lowest BCUT2D eigenvalue weighted by Gasteiger charge is -2.37. The van der Waals surface area contributed by atoms with Gasteiger partial charge < -0.3 is 25.4 Å². The van der Waals surface area contributed by atoms with Gasteiger partial charge in [0.15, 0.2) is 0 Å². The second kappa shape index (κ2) is 6.90. The molecular formula is C11H21NO5. The molecule has 1 rings (SSSR count). The van der Waals surface area contributed by atoms with Crippen LogP contribution in [0.25, 0.3) is 0 Å². The third-order valence-corrected chi connectivity index (χ3v) is 3.04. The van der Waals surface area contributed by atoms with Crippen LogP contribution in [0.2, 0.25) is 0 Å². The molecule has 1 aliphatic heterocycles. The van der Waals surface area contributed by atoms with Crippen molar-refractivity contribution in [2.45, 2.75) is 38.1 Å². The average Bonchev–Trinajstić information content (AvgIpc) is 2.29. The van der Waals surface area contributed by atoms with Crippen molar-refractivity contribution in [1.82, 2.24) is 5.32 Å². The Labute approximate surface area is 101 Å². The van der Waals surface area contributed by atoms with E-state index in [1.165, 1.54) is 6.92 Å². The maximum atomic E-state index is 10.6. The Morgan fingerprint density at radius 3 is 2.71 bits per heavy atom. The lowest BCUT2D eigenvalue weighted by molar-refractivity contribution is -0.175. The summed E-state index contributed by atoms with van der Waals surface area (Å²) < 4.78 is 5.25. The highest BCUT2D eigenvalue weighted by Crippen LogP contribution is 2.23. The first kappa shape index (κ1) is 14.4. The first-order chi connectivity index (χ1) is 8.06. The van der Waals surface area contributed by atoms with Gasteiger partial charge in [-0.25, -0.2) is 0 Å². The molecule has 0 spiro atoms. The van der Waals surface area contributed by atoms with E-state index in [2.05, 4.69) is 5.32 Å². The summed E-state index contributed by atoms with van der Waals surface area (Å²) in [5, 5.41) is 31.0. The second-order valence-corrected chi connectivity index (χ2v) is 4.42. The number of amides is 1. The van der Waals surface area contributed by atoms with Crippen LogP contribution in [0.3, 0.4) is 0 Å². The number of ether oxygens (including phenoxy) is 1. The number of hydrogen-bond donors (Lipinski definition) is 4. The van der Waals surface area contributed by atoms with E-state index in [9.17, 15) is 15.0 Å². The molecule has 1 aliphatic rings. The third-order valence-electron chi connectivity index (χ3n) is 3.04. The number of aliphatic hydroxyl groups excluding tert-OH is 3. The van der Waals surface area contributed by atoms with E-state index in [0.717, 1.165) is 6.42 Å². The number of carbonyl (C=O) groups excluding carboxylic acids is 1. The molecule has 0 bridgehead atoms. The Bertz CT molecular complexity index is 248. The molecule has 0 aromatic heterocycles. The highest BCUT2D eigenvalue weighted by atomic mass is 16.5. The first-order valence-electron chi connectivity index (χ1n) is 5.89. The van der Waals surface area contributed by atoms with Crippen LogP contribution in [0, 0.1) is 5.92 Å². The van der Waals surface area contributed by atoms with Gasteiger partial charge >= 0.3 is 0 Å². The molecule has 4 N–H and O–H groups in total. The number of carbonyl (C=O) groups is 1. The third kappa shape index (κ3) is 4.23. The van der Waals surface area contributed by atoms with Gasteiger partial charge in [-0.1, -0.05) is 0 Å². The van der Waals surface area contributed by atoms with E-state index in [0.29, 0.717) is 19.6 Å². The molecule has 1 heterocycles. The zero-order chi connectivity index (χ0) is 12.8. The molecule has 100 valence electrons. The Balaban J connectivity index is 2.28. The molecule has 6 nitrogen and oxygen atoms in total.